The molecular weight excluding hydrogens is 876 g/mol. The molecule has 0 radical (unpaired) electrons. The number of aliphatic hydroxyl groups is 6. The van der Waals surface area contributed by atoms with E-state index >= 15 is 0 Å². The minimum Gasteiger partial charge on any atom is -0.550 e. The van der Waals surface area contributed by atoms with Gasteiger partial charge in [0.15, 0.2) is 0 Å². The summed E-state index contributed by atoms with van der Waals surface area (Å²) in [5.74, 6) is -7.22. The van der Waals surface area contributed by atoms with Gasteiger partial charge in [0.25, 0.3) is 0 Å². The van der Waals surface area contributed by atoms with Crippen LogP contribution < -0.4 is 30.6 Å². The summed E-state index contributed by atoms with van der Waals surface area (Å²) in [7, 11) is 34.0. The zero-order valence-electron chi connectivity index (χ0n) is 43.2. The summed E-state index contributed by atoms with van der Waals surface area (Å²) in [6, 6.07) is 0. The zero-order chi connectivity index (χ0) is 54.4. The Bertz CT molecular complexity index is 1100. The van der Waals surface area contributed by atoms with E-state index < -0.39 is 72.4 Å². The summed E-state index contributed by atoms with van der Waals surface area (Å²) in [4.78, 5) is 60.1. The quantitative estimate of drug-likeness (QED) is 0.0489. The Morgan fingerprint density at radius 3 is 0.379 bits per heavy atom. The Hall–Kier alpha value is -3.66. The normalized spacial score (nSPS) is 14.5. The van der Waals surface area contributed by atoms with Crippen molar-refractivity contribution in [2.45, 2.75) is 75.1 Å². The van der Waals surface area contributed by atoms with Gasteiger partial charge in [-0.3, -0.25) is 0 Å². The number of quaternary nitrogens is 6. The second kappa shape index (κ2) is 34.6. The van der Waals surface area contributed by atoms with Crippen molar-refractivity contribution in [3.63, 3.8) is 0 Å². The lowest BCUT2D eigenvalue weighted by molar-refractivity contribution is -0.873. The molecule has 0 spiro atoms. The molecule has 66 heavy (non-hydrogen) atoms. The average Bonchev–Trinajstić information content (AvgIpc) is 2.90. The molecular formula is C42H90N6O18. The third-order valence-electron chi connectivity index (χ3n) is 6.96. The number of carboxylic acid groups (broad SMARTS) is 6. The van der Waals surface area contributed by atoms with Crippen LogP contribution in [0.25, 0.3) is 0 Å². The molecule has 6 unspecified atom stereocenters. The zero-order valence-corrected chi connectivity index (χ0v) is 43.2. The molecule has 0 saturated carbocycles. The molecule has 0 rings (SSSR count). The molecule has 0 aliphatic carbocycles. The van der Waals surface area contributed by atoms with Crippen molar-refractivity contribution in [1.29, 1.82) is 0 Å². The van der Waals surface area contributed by atoms with Crippen molar-refractivity contribution < 1.29 is 117 Å². The summed E-state index contributed by atoms with van der Waals surface area (Å²) in [6.45, 7) is 2.55. The summed E-state index contributed by atoms with van der Waals surface area (Å²) >= 11 is 0. The Morgan fingerprint density at radius 1 is 0.258 bits per heavy atom. The smallest absolute Gasteiger partial charge is 0.108 e. The number of carbonyl (C=O) groups is 6. The standard InChI is InChI=1S/6C7H15NO3/c6*1-8(2,3)5-6(9)4-7(10)11/h6*6,9H,4-5H2,1-3H3. The van der Waals surface area contributed by atoms with Gasteiger partial charge in [-0.25, -0.2) is 0 Å². The number of aliphatic carboxylic acids is 6. The van der Waals surface area contributed by atoms with E-state index in [2.05, 4.69) is 0 Å². The van der Waals surface area contributed by atoms with Gasteiger partial charge in [-0.2, -0.15) is 0 Å². The Morgan fingerprint density at radius 2 is 0.333 bits per heavy atom. The highest BCUT2D eigenvalue weighted by Crippen LogP contribution is 2.02. The minimum atomic E-state index is -1.20. The first-order valence-electron chi connectivity index (χ1n) is 21.0. The van der Waals surface area contributed by atoms with Crippen LogP contribution in [-0.4, -0.2) is 296 Å². The molecule has 0 aromatic rings. The number of nitrogens with zero attached hydrogens (tertiary/aromatic N) is 6. The molecule has 0 aliphatic rings. The highest BCUT2D eigenvalue weighted by molar-refractivity contribution is 5.66. The van der Waals surface area contributed by atoms with Gasteiger partial charge in [-0.15, -0.1) is 0 Å². The van der Waals surface area contributed by atoms with E-state index in [1.165, 1.54) is 0 Å². The largest absolute Gasteiger partial charge is 0.550 e. The molecule has 0 aromatic heterocycles. The summed E-state index contributed by atoms with van der Waals surface area (Å²) in [5, 5.41) is 115. The maximum absolute atomic E-state index is 10.0. The van der Waals surface area contributed by atoms with E-state index in [0.29, 0.717) is 66.2 Å². The van der Waals surface area contributed by atoms with E-state index in [1.807, 2.05) is 127 Å². The van der Waals surface area contributed by atoms with Crippen molar-refractivity contribution >= 4 is 35.8 Å². The number of hydrogen-bond donors (Lipinski definition) is 6. The van der Waals surface area contributed by atoms with Gasteiger partial charge < -0.3 is 117 Å². The third kappa shape index (κ3) is 83.8. The number of carbonyl (C=O) groups excluding carboxylic acids is 6. The monoisotopic (exact) mass is 967 g/mol. The second-order valence-corrected chi connectivity index (χ2v) is 22.2. The molecule has 396 valence electrons. The first kappa shape index (κ1) is 73.9. The van der Waals surface area contributed by atoms with Crippen LogP contribution in [0.3, 0.4) is 0 Å². The van der Waals surface area contributed by atoms with Gasteiger partial charge in [0.1, 0.15) is 75.9 Å². The van der Waals surface area contributed by atoms with E-state index in [0.717, 1.165) is 0 Å². The SMILES string of the molecule is C[N+](C)(C)CC(O)CC(=O)[O-].C[N+](C)(C)CC(O)CC(=O)[O-].C[N+](C)(C)CC(O)CC(=O)[O-].C[N+](C)(C)CC(O)CC(=O)[O-].C[N+](C)(C)CC(O)CC(=O)[O-].C[N+](C)(C)CC(O)CC(=O)[O-]. The van der Waals surface area contributed by atoms with Crippen molar-refractivity contribution in [1.82, 2.24) is 0 Å². The van der Waals surface area contributed by atoms with Crippen molar-refractivity contribution in [2.24, 2.45) is 0 Å². The van der Waals surface area contributed by atoms with E-state index in [4.69, 9.17) is 30.6 Å². The van der Waals surface area contributed by atoms with Gasteiger partial charge in [0.05, 0.1) is 127 Å². The number of likely N-dealkylation sites (N-methyl/N-ethyl adjacent to an activating group) is 6. The predicted molar refractivity (Wildman–Crippen MR) is 231 cm³/mol. The number of carboxylic acids is 6. The lowest BCUT2D eigenvalue weighted by Gasteiger charge is -2.26. The molecule has 0 amide bonds. The molecule has 0 aromatic carbocycles. The van der Waals surface area contributed by atoms with E-state index in [-0.39, 0.29) is 38.5 Å². The van der Waals surface area contributed by atoms with Gasteiger partial charge in [0, 0.05) is 74.3 Å². The lowest BCUT2D eigenvalue weighted by Crippen LogP contribution is -2.43. The molecule has 0 bridgehead atoms. The van der Waals surface area contributed by atoms with Gasteiger partial charge in [-0.05, 0) is 0 Å². The predicted octanol–water partition coefficient (Wildman–Crippen LogP) is -10.8. The van der Waals surface area contributed by atoms with Crippen LogP contribution in [-0.2, 0) is 28.8 Å². The van der Waals surface area contributed by atoms with Crippen LogP contribution >= 0.6 is 0 Å². The molecule has 6 atom stereocenters. The van der Waals surface area contributed by atoms with Crippen LogP contribution in [0.4, 0.5) is 0 Å². The molecule has 6 N–H and O–H groups in total. The van der Waals surface area contributed by atoms with Crippen LogP contribution in [0.1, 0.15) is 38.5 Å². The average molecular weight is 967 g/mol. The molecule has 24 nitrogen and oxygen atoms in total. The number of rotatable bonds is 24. The van der Waals surface area contributed by atoms with Crippen LogP contribution in [0, 0.1) is 0 Å². The number of hydrogen-bond acceptors (Lipinski definition) is 18. The molecule has 0 heterocycles. The summed E-state index contributed by atoms with van der Waals surface area (Å²) < 4.78 is 3.30. The van der Waals surface area contributed by atoms with Gasteiger partial charge >= 0.3 is 0 Å². The fourth-order valence-electron chi connectivity index (χ4n) is 5.34. The fourth-order valence-corrected chi connectivity index (χ4v) is 5.34. The maximum atomic E-state index is 10.0. The molecule has 0 fully saturated rings. The van der Waals surface area contributed by atoms with Crippen molar-refractivity contribution in [2.75, 3.05) is 166 Å². The summed E-state index contributed by atoms with van der Waals surface area (Å²) in [5.41, 5.74) is 0. The van der Waals surface area contributed by atoms with Crippen molar-refractivity contribution in [3.8, 4) is 0 Å². The van der Waals surface area contributed by atoms with Crippen LogP contribution in [0.2, 0.25) is 0 Å². The van der Waals surface area contributed by atoms with Gasteiger partial charge in [0.2, 0.25) is 0 Å². The highest BCUT2D eigenvalue weighted by atomic mass is 16.4. The summed E-state index contributed by atoms with van der Waals surface area (Å²) in [6.07, 6.45) is -6.53. The molecule has 24 heteroatoms. The minimum absolute atomic E-state index is 0.282. The molecule has 0 aliphatic heterocycles. The first-order valence-corrected chi connectivity index (χ1v) is 21.0. The third-order valence-corrected chi connectivity index (χ3v) is 6.96. The van der Waals surface area contributed by atoms with Crippen LogP contribution in [0.5, 0.6) is 0 Å². The van der Waals surface area contributed by atoms with Crippen LogP contribution in [0.15, 0.2) is 0 Å². The van der Waals surface area contributed by atoms with Crippen molar-refractivity contribution in [3.05, 3.63) is 0 Å². The van der Waals surface area contributed by atoms with Gasteiger partial charge in [-0.1, -0.05) is 0 Å². The Balaban J connectivity index is -0.000000164. The Kier molecular flexibility index (Phi) is 38.7. The Labute approximate surface area is 393 Å². The highest BCUT2D eigenvalue weighted by Gasteiger charge is 2.19. The molecule has 0 saturated heterocycles. The number of aliphatic hydroxyl groups excluding tert-OH is 6. The van der Waals surface area contributed by atoms with E-state index in [9.17, 15) is 59.4 Å². The lowest BCUT2D eigenvalue weighted by atomic mass is 10.2. The topological polar surface area (TPSA) is 362 Å². The fraction of sp³-hybridized carbons (Fsp3) is 0.857. The first-order chi connectivity index (χ1) is 28.9. The maximum Gasteiger partial charge on any atom is 0.108 e. The second-order valence-electron chi connectivity index (χ2n) is 22.2. The van der Waals surface area contributed by atoms with E-state index in [1.54, 1.807) is 0 Å².